The van der Waals surface area contributed by atoms with E-state index in [0.29, 0.717) is 18.7 Å². The number of halogens is 3. The zero-order chi connectivity index (χ0) is 16.6. The molecule has 2 heterocycles. The molecule has 0 saturated carbocycles. The topological polar surface area (TPSA) is 60.2 Å². The Balaban J connectivity index is 1.60. The second-order valence-corrected chi connectivity index (χ2v) is 5.22. The molecule has 9 heteroatoms. The highest BCUT2D eigenvalue weighted by Crippen LogP contribution is 2.26. The molecule has 0 N–H and O–H groups in total. The van der Waals surface area contributed by atoms with Crippen LogP contribution >= 0.6 is 0 Å². The lowest BCUT2D eigenvalue weighted by atomic mass is 10.1. The van der Waals surface area contributed by atoms with E-state index >= 15 is 0 Å². The van der Waals surface area contributed by atoms with Gasteiger partial charge in [0, 0.05) is 18.7 Å². The summed E-state index contributed by atoms with van der Waals surface area (Å²) in [7, 11) is 0. The Bertz CT molecular complexity index is 706. The van der Waals surface area contributed by atoms with Crippen molar-refractivity contribution in [3.8, 4) is 5.75 Å². The summed E-state index contributed by atoms with van der Waals surface area (Å²) in [6.07, 6.45) is -3.13. The second kappa shape index (κ2) is 5.56. The fourth-order valence-electron chi connectivity index (χ4n) is 2.44. The summed E-state index contributed by atoms with van der Waals surface area (Å²) in [6, 6.07) is 5.02. The van der Waals surface area contributed by atoms with Crippen molar-refractivity contribution < 1.29 is 22.7 Å². The Morgan fingerprint density at radius 3 is 2.43 bits per heavy atom. The first kappa shape index (κ1) is 15.3. The third-order valence-corrected chi connectivity index (χ3v) is 3.63. The van der Waals surface area contributed by atoms with E-state index in [9.17, 15) is 18.0 Å². The molecule has 2 aromatic rings. The molecular weight excluding hydrogens is 313 g/mol. The molecule has 0 spiro atoms. The van der Waals surface area contributed by atoms with Crippen LogP contribution in [0.3, 0.4) is 0 Å². The first-order valence-corrected chi connectivity index (χ1v) is 6.85. The van der Waals surface area contributed by atoms with E-state index in [1.165, 1.54) is 12.1 Å². The van der Waals surface area contributed by atoms with Crippen LogP contribution in [0.5, 0.6) is 5.75 Å². The van der Waals surface area contributed by atoms with Crippen LogP contribution < -0.4 is 4.74 Å². The maximum atomic E-state index is 12.2. The van der Waals surface area contributed by atoms with Crippen LogP contribution in [0.1, 0.15) is 22.2 Å². The fraction of sp³-hybridized carbons (Fsp3) is 0.357. The minimum Gasteiger partial charge on any atom is -0.406 e. The van der Waals surface area contributed by atoms with Crippen molar-refractivity contribution >= 4 is 5.91 Å². The van der Waals surface area contributed by atoms with Crippen molar-refractivity contribution in [1.82, 2.24) is 19.7 Å². The molecule has 0 aliphatic carbocycles. The molecule has 0 radical (unpaired) electrons. The van der Waals surface area contributed by atoms with Crippen LogP contribution in [0, 0.1) is 6.92 Å². The van der Waals surface area contributed by atoms with Crippen LogP contribution in [0.15, 0.2) is 30.6 Å². The Kier molecular flexibility index (Phi) is 3.70. The van der Waals surface area contributed by atoms with E-state index in [1.54, 1.807) is 11.2 Å². The van der Waals surface area contributed by atoms with Crippen LogP contribution in [-0.4, -0.2) is 45.0 Å². The van der Waals surface area contributed by atoms with Crippen molar-refractivity contribution in [2.24, 2.45) is 0 Å². The molecule has 1 aromatic carbocycles. The summed E-state index contributed by atoms with van der Waals surface area (Å²) < 4.78 is 41.9. The molecule has 122 valence electrons. The zero-order valence-electron chi connectivity index (χ0n) is 12.1. The van der Waals surface area contributed by atoms with Crippen LogP contribution in [0.4, 0.5) is 13.2 Å². The van der Waals surface area contributed by atoms with Crippen molar-refractivity contribution in [3.63, 3.8) is 0 Å². The van der Waals surface area contributed by atoms with E-state index in [4.69, 9.17) is 0 Å². The smallest absolute Gasteiger partial charge is 0.406 e. The van der Waals surface area contributed by atoms with Crippen molar-refractivity contribution in [3.05, 3.63) is 42.0 Å². The number of hydrogen-bond donors (Lipinski definition) is 0. The van der Waals surface area contributed by atoms with Gasteiger partial charge >= 0.3 is 6.36 Å². The third kappa shape index (κ3) is 3.27. The molecule has 0 atom stereocenters. The lowest BCUT2D eigenvalue weighted by Crippen LogP contribution is -2.50. The van der Waals surface area contributed by atoms with Gasteiger partial charge in [0.25, 0.3) is 5.91 Å². The summed E-state index contributed by atoms with van der Waals surface area (Å²) in [5, 5.41) is 7.69. The molecule has 23 heavy (non-hydrogen) atoms. The minimum atomic E-state index is -4.74. The Hall–Kier alpha value is -2.58. The van der Waals surface area contributed by atoms with E-state index in [1.807, 2.05) is 11.5 Å². The lowest BCUT2D eigenvalue weighted by molar-refractivity contribution is -0.274. The van der Waals surface area contributed by atoms with Crippen molar-refractivity contribution in [1.29, 1.82) is 0 Å². The number of aromatic nitrogens is 3. The predicted molar refractivity (Wildman–Crippen MR) is 72.8 cm³/mol. The number of rotatable bonds is 3. The molecule has 0 bridgehead atoms. The average Bonchev–Trinajstić information content (AvgIpc) is 2.82. The largest absolute Gasteiger partial charge is 0.573 e. The number of likely N-dealkylation sites (tertiary alicyclic amines) is 1. The first-order valence-electron chi connectivity index (χ1n) is 6.85. The molecule has 1 aliphatic heterocycles. The summed E-state index contributed by atoms with van der Waals surface area (Å²) >= 11 is 0. The highest BCUT2D eigenvalue weighted by molar-refractivity contribution is 5.94. The summed E-state index contributed by atoms with van der Waals surface area (Å²) in [6.45, 7) is 2.86. The summed E-state index contributed by atoms with van der Waals surface area (Å²) in [4.78, 5) is 13.9. The molecule has 3 rings (SSSR count). The maximum absolute atomic E-state index is 12.2. The number of hydrogen-bond acceptors (Lipinski definition) is 4. The Morgan fingerprint density at radius 2 is 1.91 bits per heavy atom. The molecule has 1 saturated heterocycles. The van der Waals surface area contributed by atoms with Crippen molar-refractivity contribution in [2.45, 2.75) is 19.3 Å². The van der Waals surface area contributed by atoms with Gasteiger partial charge in [-0.25, -0.2) is 0 Å². The van der Waals surface area contributed by atoms with Crippen molar-refractivity contribution in [2.75, 3.05) is 13.1 Å². The van der Waals surface area contributed by atoms with Gasteiger partial charge in [0.2, 0.25) is 0 Å². The number of carbonyl (C=O) groups excluding carboxylic acids is 1. The number of nitrogens with zero attached hydrogens (tertiary/aromatic N) is 4. The number of alkyl halides is 3. The number of benzene rings is 1. The van der Waals surface area contributed by atoms with Crippen LogP contribution in [-0.2, 0) is 0 Å². The summed E-state index contributed by atoms with van der Waals surface area (Å²) in [5.74, 6) is 0.192. The second-order valence-electron chi connectivity index (χ2n) is 5.22. The van der Waals surface area contributed by atoms with Gasteiger partial charge in [0.15, 0.2) is 0 Å². The van der Waals surface area contributed by atoms with Gasteiger partial charge in [-0.3, -0.25) is 4.79 Å². The van der Waals surface area contributed by atoms with Crippen LogP contribution in [0.25, 0.3) is 0 Å². The minimum absolute atomic E-state index is 0.127. The molecule has 6 nitrogen and oxygen atoms in total. The Morgan fingerprint density at radius 1 is 1.26 bits per heavy atom. The Labute approximate surface area is 129 Å². The molecule has 1 amide bonds. The SMILES string of the molecule is Cc1nncn1C1CN(C(=O)c2ccc(OC(F)(F)F)cc2)C1. The highest BCUT2D eigenvalue weighted by atomic mass is 19.4. The zero-order valence-corrected chi connectivity index (χ0v) is 12.1. The van der Waals surface area contributed by atoms with E-state index in [-0.39, 0.29) is 17.7 Å². The average molecular weight is 326 g/mol. The van der Waals surface area contributed by atoms with E-state index in [0.717, 1.165) is 18.0 Å². The maximum Gasteiger partial charge on any atom is 0.573 e. The molecule has 1 fully saturated rings. The number of amides is 1. The van der Waals surface area contributed by atoms with E-state index < -0.39 is 6.36 Å². The highest BCUT2D eigenvalue weighted by Gasteiger charge is 2.34. The predicted octanol–water partition coefficient (Wildman–Crippen LogP) is 2.18. The normalized spacial score (nSPS) is 15.4. The standard InChI is InChI=1S/C14H13F3N4O2/c1-9-19-18-8-21(9)11-6-20(7-11)13(22)10-2-4-12(5-3-10)23-14(15,16)17/h2-5,8,11H,6-7H2,1H3. The quantitative estimate of drug-likeness (QED) is 0.867. The number of ether oxygens (including phenoxy) is 1. The summed E-state index contributed by atoms with van der Waals surface area (Å²) in [5.41, 5.74) is 0.318. The molecule has 1 aliphatic rings. The third-order valence-electron chi connectivity index (χ3n) is 3.63. The molecule has 0 unspecified atom stereocenters. The lowest BCUT2D eigenvalue weighted by Gasteiger charge is -2.40. The van der Waals surface area contributed by atoms with Crippen LogP contribution in [0.2, 0.25) is 0 Å². The van der Waals surface area contributed by atoms with E-state index in [2.05, 4.69) is 14.9 Å². The monoisotopic (exact) mass is 326 g/mol. The van der Waals surface area contributed by atoms with Gasteiger partial charge in [0.1, 0.15) is 17.9 Å². The van der Waals surface area contributed by atoms with Gasteiger partial charge < -0.3 is 14.2 Å². The van der Waals surface area contributed by atoms with Gasteiger partial charge in [-0.1, -0.05) is 0 Å². The van der Waals surface area contributed by atoms with Gasteiger partial charge in [0.05, 0.1) is 6.04 Å². The molecule has 1 aromatic heterocycles. The number of aryl methyl sites for hydroxylation is 1. The van der Waals surface area contributed by atoms with Gasteiger partial charge in [-0.15, -0.1) is 23.4 Å². The number of carbonyl (C=O) groups is 1. The van der Waals surface area contributed by atoms with Gasteiger partial charge in [-0.05, 0) is 31.2 Å². The van der Waals surface area contributed by atoms with Gasteiger partial charge in [-0.2, -0.15) is 0 Å². The first-order chi connectivity index (χ1) is 10.8. The fourth-order valence-corrected chi connectivity index (χ4v) is 2.44. The molecular formula is C14H13F3N4O2.